The third-order valence-electron chi connectivity index (χ3n) is 8.81. The number of thiazole rings is 1. The van der Waals surface area contributed by atoms with Gasteiger partial charge in [0.05, 0.1) is 10.3 Å². The van der Waals surface area contributed by atoms with Crippen molar-refractivity contribution in [2.24, 2.45) is 5.16 Å². The molecular formula is C41H38N6O5S3. The molecule has 2 amide bonds. The van der Waals surface area contributed by atoms with E-state index in [-0.39, 0.29) is 17.1 Å². The summed E-state index contributed by atoms with van der Waals surface area (Å²) in [5.41, 5.74) is 1.66. The first-order chi connectivity index (χ1) is 26.6. The number of thioether (sulfide) groups is 2. The van der Waals surface area contributed by atoms with Crippen LogP contribution in [0.4, 0.5) is 5.13 Å². The van der Waals surface area contributed by atoms with E-state index in [0.717, 1.165) is 16.7 Å². The predicted molar refractivity (Wildman–Crippen MR) is 216 cm³/mol. The Morgan fingerprint density at radius 1 is 0.891 bits per heavy atom. The molecule has 7 rings (SSSR count). The van der Waals surface area contributed by atoms with Crippen LogP contribution in [0.1, 0.15) is 43.2 Å². The van der Waals surface area contributed by atoms with Crippen LogP contribution >= 0.6 is 34.9 Å². The Morgan fingerprint density at radius 2 is 1.49 bits per heavy atom. The van der Waals surface area contributed by atoms with E-state index in [1.807, 2.05) is 66.7 Å². The van der Waals surface area contributed by atoms with Gasteiger partial charge in [-0.3, -0.25) is 14.5 Å². The van der Waals surface area contributed by atoms with Crippen LogP contribution in [0.5, 0.6) is 0 Å². The number of hydrogen-bond acceptors (Lipinski definition) is 12. The number of nitrogens with one attached hydrogen (secondary N) is 2. The first-order valence-electron chi connectivity index (χ1n) is 17.4. The zero-order chi connectivity index (χ0) is 38.6. The molecule has 0 saturated carbocycles. The Bertz CT molecular complexity index is 2130. The number of rotatable bonds is 12. The van der Waals surface area contributed by atoms with Crippen molar-refractivity contribution in [2.75, 3.05) is 18.2 Å². The first kappa shape index (κ1) is 37.9. The maximum Gasteiger partial charge on any atom is 0.357 e. The van der Waals surface area contributed by atoms with Gasteiger partial charge in [-0.05, 0) is 49.6 Å². The minimum atomic E-state index is -0.918. The average molecular weight is 791 g/mol. The zero-order valence-corrected chi connectivity index (χ0v) is 32.9. The number of nitrogens with zero attached hydrogens (tertiary/aromatic N) is 4. The third-order valence-corrected chi connectivity index (χ3v) is 12.0. The summed E-state index contributed by atoms with van der Waals surface area (Å²) in [5.74, 6) is -1.27. The number of hydrogen-bond donors (Lipinski definition) is 2. The quantitative estimate of drug-likeness (QED) is 0.0446. The summed E-state index contributed by atoms with van der Waals surface area (Å²) in [5, 5.41) is 13.6. The van der Waals surface area contributed by atoms with E-state index in [2.05, 4.69) is 57.2 Å². The Hall–Kier alpha value is -5.44. The minimum Gasteiger partial charge on any atom is -0.455 e. The fourth-order valence-corrected chi connectivity index (χ4v) is 9.61. The third kappa shape index (κ3) is 7.88. The van der Waals surface area contributed by atoms with Gasteiger partial charge in [0.15, 0.2) is 16.5 Å². The fourth-order valence-electron chi connectivity index (χ4n) is 6.45. The van der Waals surface area contributed by atoms with Gasteiger partial charge in [-0.2, -0.15) is 0 Å². The lowest BCUT2D eigenvalue weighted by atomic mass is 9.77. The molecule has 2 aromatic heterocycles. The zero-order valence-electron chi connectivity index (χ0n) is 30.5. The Morgan fingerprint density at radius 3 is 2.04 bits per heavy atom. The summed E-state index contributed by atoms with van der Waals surface area (Å²) in [7, 11) is 1.34. The van der Waals surface area contributed by atoms with Crippen molar-refractivity contribution in [3.63, 3.8) is 0 Å². The lowest BCUT2D eigenvalue weighted by molar-refractivity contribution is -0.160. The second-order valence-corrected chi connectivity index (χ2v) is 16.8. The lowest BCUT2D eigenvalue weighted by Gasteiger charge is -2.50. The number of ether oxygens (including phenoxy) is 1. The number of anilines is 1. The smallest absolute Gasteiger partial charge is 0.357 e. The van der Waals surface area contributed by atoms with Gasteiger partial charge in [0, 0.05) is 17.3 Å². The van der Waals surface area contributed by atoms with Gasteiger partial charge in [0.2, 0.25) is 0 Å². The van der Waals surface area contributed by atoms with Crippen LogP contribution < -0.4 is 10.6 Å². The summed E-state index contributed by atoms with van der Waals surface area (Å²) in [6.07, 6.45) is 1.67. The summed E-state index contributed by atoms with van der Waals surface area (Å²) in [6, 6.07) is 34.4. The van der Waals surface area contributed by atoms with Crippen LogP contribution in [-0.4, -0.2) is 68.9 Å². The largest absolute Gasteiger partial charge is 0.455 e. The number of carbonyl (C=O) groups is 3. The number of esters is 1. The van der Waals surface area contributed by atoms with Crippen molar-refractivity contribution >= 4 is 63.5 Å². The highest BCUT2D eigenvalue weighted by molar-refractivity contribution is 8.22. The Kier molecular flexibility index (Phi) is 11.1. The van der Waals surface area contributed by atoms with Crippen LogP contribution in [0, 0.1) is 0 Å². The average Bonchev–Trinajstić information content (AvgIpc) is 3.66. The molecule has 0 radical (unpaired) electrons. The van der Waals surface area contributed by atoms with E-state index in [9.17, 15) is 14.4 Å². The van der Waals surface area contributed by atoms with E-state index in [4.69, 9.17) is 14.6 Å². The molecule has 2 aliphatic rings. The van der Waals surface area contributed by atoms with E-state index in [0.29, 0.717) is 20.1 Å². The van der Waals surface area contributed by atoms with E-state index in [1.54, 1.807) is 38.4 Å². The van der Waals surface area contributed by atoms with Gasteiger partial charge >= 0.3 is 5.97 Å². The Labute approximate surface area is 331 Å². The summed E-state index contributed by atoms with van der Waals surface area (Å²) in [6.45, 7) is 5.31. The molecule has 1 fully saturated rings. The molecule has 4 heterocycles. The van der Waals surface area contributed by atoms with E-state index >= 15 is 0 Å². The molecule has 11 nitrogen and oxygen atoms in total. The summed E-state index contributed by atoms with van der Waals surface area (Å²) < 4.78 is 6.34. The van der Waals surface area contributed by atoms with Gasteiger partial charge < -0.3 is 20.2 Å². The van der Waals surface area contributed by atoms with Gasteiger partial charge in [0.25, 0.3) is 11.8 Å². The second-order valence-electron chi connectivity index (χ2n) is 13.6. The molecule has 0 spiro atoms. The van der Waals surface area contributed by atoms with Gasteiger partial charge in [-0.15, -0.1) is 23.1 Å². The molecule has 2 atom stereocenters. The molecule has 0 aliphatic carbocycles. The van der Waals surface area contributed by atoms with Crippen LogP contribution in [0.2, 0.25) is 0 Å². The normalized spacial score (nSPS) is 17.2. The molecule has 55 heavy (non-hydrogen) atoms. The molecule has 3 aromatic carbocycles. The Balaban J connectivity index is 1.15. The SMILES string of the molecule is CON=C(C(=O)NC1C(=O)N2C(C(=O)OC(C)(C)C)=C(Sc3ccccn3)SCC12)c1csc(NC(c2ccccc2)(c2ccccc2)c2ccccc2)n1. The van der Waals surface area contributed by atoms with Crippen LogP contribution in [0.15, 0.2) is 141 Å². The van der Waals surface area contributed by atoms with Crippen molar-refractivity contribution in [1.82, 2.24) is 20.2 Å². The predicted octanol–water partition coefficient (Wildman–Crippen LogP) is 7.04. The monoisotopic (exact) mass is 790 g/mol. The summed E-state index contributed by atoms with van der Waals surface area (Å²) in [4.78, 5) is 57.1. The highest BCUT2D eigenvalue weighted by atomic mass is 32.2. The number of oxime groups is 1. The number of aromatic nitrogens is 2. The maximum absolute atomic E-state index is 14.0. The van der Waals surface area contributed by atoms with E-state index in [1.165, 1.54) is 46.9 Å². The number of carbonyl (C=O) groups excluding carboxylic acids is 3. The second kappa shape index (κ2) is 16.1. The van der Waals surface area contributed by atoms with E-state index < -0.39 is 41.0 Å². The number of fused-ring (bicyclic) bond motifs is 1. The molecule has 1 saturated heterocycles. The molecule has 5 aromatic rings. The van der Waals surface area contributed by atoms with Crippen molar-refractivity contribution in [3.05, 3.63) is 153 Å². The number of benzene rings is 3. The van der Waals surface area contributed by atoms with Crippen molar-refractivity contribution < 1.29 is 24.0 Å². The van der Waals surface area contributed by atoms with Crippen molar-refractivity contribution in [3.8, 4) is 0 Å². The molecule has 2 aliphatic heterocycles. The topological polar surface area (TPSA) is 135 Å². The highest BCUT2D eigenvalue weighted by Gasteiger charge is 2.55. The molecular weight excluding hydrogens is 753 g/mol. The van der Waals surface area contributed by atoms with Gasteiger partial charge in [-0.1, -0.05) is 114 Å². The van der Waals surface area contributed by atoms with Gasteiger partial charge in [-0.25, -0.2) is 14.8 Å². The van der Waals surface area contributed by atoms with Crippen molar-refractivity contribution in [2.45, 2.75) is 49.0 Å². The van der Waals surface area contributed by atoms with Gasteiger partial charge in [0.1, 0.15) is 35.0 Å². The lowest BCUT2D eigenvalue weighted by Crippen LogP contribution is -2.73. The van der Waals surface area contributed by atoms with Crippen LogP contribution in [-0.2, 0) is 29.5 Å². The molecule has 0 bridgehead atoms. The first-order valence-corrected chi connectivity index (χ1v) is 20.1. The number of amides is 2. The molecule has 2 N–H and O–H groups in total. The minimum absolute atomic E-state index is 0.0967. The highest BCUT2D eigenvalue weighted by Crippen LogP contribution is 2.46. The fraction of sp³-hybridized carbons (Fsp3) is 0.220. The van der Waals surface area contributed by atoms with Crippen molar-refractivity contribution in [1.29, 1.82) is 0 Å². The molecule has 14 heteroatoms. The van der Waals surface area contributed by atoms with Crippen LogP contribution in [0.3, 0.4) is 0 Å². The van der Waals surface area contributed by atoms with Crippen LogP contribution in [0.25, 0.3) is 0 Å². The maximum atomic E-state index is 14.0. The number of pyridine rings is 1. The summed E-state index contributed by atoms with van der Waals surface area (Å²) >= 11 is 4.03. The standard InChI is InChI=1S/C41H38N6O5S3/c1-40(2,3)52-37(50)34-38(55-31-22-14-15-23-42-31)53-25-30-33(36(49)47(30)34)44-35(48)32(46-51-4)29-24-54-39(43-29)45-41(26-16-8-5-9-17-26,27-18-10-6-11-19-27)28-20-12-7-13-21-28/h5-24,30,33H,25H2,1-4H3,(H,43,45)(H,44,48). The molecule has 280 valence electrons. The molecule has 2 unspecified atom stereocenters. The number of β-lactam (4-membered cyclic amide) rings is 1.